The molecule has 0 radical (unpaired) electrons. The molecule has 1 aliphatic rings. The molecule has 0 aliphatic carbocycles. The third kappa shape index (κ3) is 3.61. The normalized spacial score (nSPS) is 23.2. The van der Waals surface area contributed by atoms with Crippen molar-refractivity contribution in [2.24, 2.45) is 0 Å². The molecule has 1 aromatic rings. The summed E-state index contributed by atoms with van der Waals surface area (Å²) < 4.78 is 34.3. The number of esters is 1. The first-order valence-electron chi connectivity index (χ1n) is 6.61. The second-order valence-electron chi connectivity index (χ2n) is 5.20. The molecule has 1 aliphatic heterocycles. The highest BCUT2D eigenvalue weighted by molar-refractivity contribution is 7.86. The third-order valence-electron chi connectivity index (χ3n) is 3.56. The van der Waals surface area contributed by atoms with Gasteiger partial charge in [0.05, 0.1) is 18.1 Å². The lowest BCUT2D eigenvalue weighted by Crippen LogP contribution is -2.33. The summed E-state index contributed by atoms with van der Waals surface area (Å²) in [6.07, 6.45) is -0.251. The van der Waals surface area contributed by atoms with E-state index in [1.54, 1.807) is 24.1 Å². The van der Waals surface area contributed by atoms with Crippen LogP contribution in [0.5, 0.6) is 0 Å². The predicted octanol–water partition coefficient (Wildman–Crippen LogP) is 0.946. The van der Waals surface area contributed by atoms with Gasteiger partial charge in [-0.25, -0.2) is 0 Å². The first-order chi connectivity index (χ1) is 9.83. The number of nitrogens with zero attached hydrogens (tertiary/aromatic N) is 1. The van der Waals surface area contributed by atoms with Gasteiger partial charge in [-0.2, -0.15) is 8.42 Å². The van der Waals surface area contributed by atoms with Crippen molar-refractivity contribution in [1.82, 2.24) is 4.90 Å². The van der Waals surface area contributed by atoms with Crippen LogP contribution < -0.4 is 0 Å². The molecule has 1 fully saturated rings. The van der Waals surface area contributed by atoms with Crippen LogP contribution in [0.2, 0.25) is 0 Å². The van der Waals surface area contributed by atoms with E-state index >= 15 is 0 Å². The molecule has 2 rings (SSSR count). The number of hydrogen-bond acceptors (Lipinski definition) is 6. The van der Waals surface area contributed by atoms with Crippen LogP contribution in [-0.4, -0.2) is 52.1 Å². The lowest BCUT2D eigenvalue weighted by molar-refractivity contribution is -0.145. The Balaban J connectivity index is 2.08. The van der Waals surface area contributed by atoms with Gasteiger partial charge in [-0.1, -0.05) is 17.7 Å². The maximum absolute atomic E-state index is 12.2. The summed E-state index contributed by atoms with van der Waals surface area (Å²) in [4.78, 5) is 13.4. The molecule has 0 N–H and O–H groups in total. The highest BCUT2D eigenvalue weighted by Gasteiger charge is 2.38. The molecule has 1 aromatic carbocycles. The van der Waals surface area contributed by atoms with Crippen LogP contribution in [0.3, 0.4) is 0 Å². The van der Waals surface area contributed by atoms with Crippen molar-refractivity contribution < 1.29 is 22.1 Å². The molecule has 6 nitrogen and oxygen atoms in total. The maximum Gasteiger partial charge on any atom is 0.323 e. The standard InChI is InChI=1S/C14H19NO5S/c1-10-4-6-12(7-5-10)21(17,18)20-11-8-13(14(16)19-3)15(2)9-11/h4-7,11,13H,8-9H2,1-3H3/t11-,13-/m0/s1. The van der Waals surface area contributed by atoms with Crippen molar-refractivity contribution in [3.8, 4) is 0 Å². The first kappa shape index (κ1) is 15.9. The molecule has 1 heterocycles. The van der Waals surface area contributed by atoms with E-state index in [1.165, 1.54) is 19.2 Å². The van der Waals surface area contributed by atoms with Crippen LogP contribution in [0, 0.1) is 6.92 Å². The zero-order valence-corrected chi connectivity index (χ0v) is 13.1. The number of hydrogen-bond donors (Lipinski definition) is 0. The molecular formula is C14H19NO5S. The molecule has 0 aromatic heterocycles. The van der Waals surface area contributed by atoms with Gasteiger partial charge < -0.3 is 4.74 Å². The molecule has 0 amide bonds. The van der Waals surface area contributed by atoms with Gasteiger partial charge in [0.15, 0.2) is 0 Å². The Morgan fingerprint density at radius 1 is 1.29 bits per heavy atom. The highest BCUT2D eigenvalue weighted by Crippen LogP contribution is 2.24. The van der Waals surface area contributed by atoms with Gasteiger partial charge in [0.2, 0.25) is 0 Å². The Morgan fingerprint density at radius 3 is 2.48 bits per heavy atom. The second kappa shape index (κ2) is 6.13. The largest absolute Gasteiger partial charge is 0.468 e. The SMILES string of the molecule is COC(=O)[C@@H]1C[C@H](OS(=O)(=O)c2ccc(C)cc2)CN1C. The smallest absolute Gasteiger partial charge is 0.323 e. The molecule has 21 heavy (non-hydrogen) atoms. The Bertz CT molecular complexity index is 611. The first-order valence-corrected chi connectivity index (χ1v) is 8.02. The fourth-order valence-corrected chi connectivity index (χ4v) is 3.45. The van der Waals surface area contributed by atoms with Crippen LogP contribution >= 0.6 is 0 Å². The van der Waals surface area contributed by atoms with E-state index in [1.807, 2.05) is 6.92 Å². The number of likely N-dealkylation sites (tertiary alicyclic amines) is 1. The fourth-order valence-electron chi connectivity index (χ4n) is 2.37. The summed E-state index contributed by atoms with van der Waals surface area (Å²) in [5.74, 6) is -0.378. The van der Waals surface area contributed by atoms with E-state index in [-0.39, 0.29) is 10.9 Å². The number of rotatable bonds is 4. The lowest BCUT2D eigenvalue weighted by atomic mass is 10.2. The third-order valence-corrected chi connectivity index (χ3v) is 4.93. The van der Waals surface area contributed by atoms with Crippen LogP contribution in [0.25, 0.3) is 0 Å². The molecule has 1 saturated heterocycles. The van der Waals surface area contributed by atoms with Gasteiger partial charge >= 0.3 is 5.97 Å². The van der Waals surface area contributed by atoms with Crippen LogP contribution in [0.4, 0.5) is 0 Å². The zero-order valence-electron chi connectivity index (χ0n) is 12.3. The minimum Gasteiger partial charge on any atom is -0.468 e. The number of carbonyl (C=O) groups is 1. The maximum atomic E-state index is 12.2. The Hall–Kier alpha value is -1.44. The molecule has 116 valence electrons. The van der Waals surface area contributed by atoms with Crippen LogP contribution in [0.1, 0.15) is 12.0 Å². The van der Waals surface area contributed by atoms with E-state index in [0.717, 1.165) is 5.56 Å². The average molecular weight is 313 g/mol. The van der Waals surface area contributed by atoms with Crippen molar-refractivity contribution in [3.05, 3.63) is 29.8 Å². The van der Waals surface area contributed by atoms with Crippen LogP contribution in [-0.2, 0) is 23.8 Å². The molecule has 0 saturated carbocycles. The summed E-state index contributed by atoms with van der Waals surface area (Å²) in [5.41, 5.74) is 0.973. The van der Waals surface area contributed by atoms with Crippen molar-refractivity contribution in [3.63, 3.8) is 0 Å². The number of aryl methyl sites for hydroxylation is 1. The Kier molecular flexibility index (Phi) is 4.65. The van der Waals surface area contributed by atoms with Crippen molar-refractivity contribution in [2.75, 3.05) is 20.7 Å². The molecular weight excluding hydrogens is 294 g/mol. The molecule has 0 bridgehead atoms. The van der Waals surface area contributed by atoms with E-state index in [9.17, 15) is 13.2 Å². The molecule has 7 heteroatoms. The van der Waals surface area contributed by atoms with Gasteiger partial charge in [-0.15, -0.1) is 0 Å². The summed E-state index contributed by atoms with van der Waals surface area (Å²) in [6.45, 7) is 2.25. The fraction of sp³-hybridized carbons (Fsp3) is 0.500. The highest BCUT2D eigenvalue weighted by atomic mass is 32.2. The Labute approximate surface area is 124 Å². The van der Waals surface area contributed by atoms with Gasteiger partial charge in [0, 0.05) is 13.0 Å². The molecule has 0 unspecified atom stereocenters. The zero-order chi connectivity index (χ0) is 15.6. The minimum absolute atomic E-state index is 0.122. The quantitative estimate of drug-likeness (QED) is 0.608. The van der Waals surface area contributed by atoms with Crippen molar-refractivity contribution >= 4 is 16.1 Å². The number of likely N-dealkylation sites (N-methyl/N-ethyl adjacent to an activating group) is 1. The van der Waals surface area contributed by atoms with Crippen molar-refractivity contribution in [1.29, 1.82) is 0 Å². The molecule has 2 atom stereocenters. The van der Waals surface area contributed by atoms with Gasteiger partial charge in [0.1, 0.15) is 6.04 Å². The van der Waals surface area contributed by atoms with E-state index in [2.05, 4.69) is 0 Å². The summed E-state index contributed by atoms with van der Waals surface area (Å²) >= 11 is 0. The van der Waals surface area contributed by atoms with Gasteiger partial charge in [-0.3, -0.25) is 13.9 Å². The predicted molar refractivity (Wildman–Crippen MR) is 76.3 cm³/mol. The van der Waals surface area contributed by atoms with E-state index < -0.39 is 22.3 Å². The average Bonchev–Trinajstić information content (AvgIpc) is 2.78. The van der Waals surface area contributed by atoms with Gasteiger partial charge in [0.25, 0.3) is 10.1 Å². The summed E-state index contributed by atoms with van der Waals surface area (Å²) in [7, 11) is -0.766. The van der Waals surface area contributed by atoms with E-state index in [0.29, 0.717) is 13.0 Å². The summed E-state index contributed by atoms with van der Waals surface area (Å²) in [6, 6.07) is 6.00. The van der Waals surface area contributed by atoms with Crippen LogP contribution in [0.15, 0.2) is 29.2 Å². The number of ether oxygens (including phenoxy) is 1. The second-order valence-corrected chi connectivity index (χ2v) is 6.77. The minimum atomic E-state index is -3.82. The number of carbonyl (C=O) groups excluding carboxylic acids is 1. The van der Waals surface area contributed by atoms with E-state index in [4.69, 9.17) is 8.92 Å². The lowest BCUT2D eigenvalue weighted by Gasteiger charge is -2.15. The number of benzene rings is 1. The number of methoxy groups -OCH3 is 1. The summed E-state index contributed by atoms with van der Waals surface area (Å²) in [5, 5.41) is 0. The topological polar surface area (TPSA) is 72.9 Å². The Morgan fingerprint density at radius 2 is 1.90 bits per heavy atom. The monoisotopic (exact) mass is 313 g/mol. The van der Waals surface area contributed by atoms with Gasteiger partial charge in [-0.05, 0) is 26.1 Å². The van der Waals surface area contributed by atoms with Crippen molar-refractivity contribution in [2.45, 2.75) is 30.4 Å². The molecule has 0 spiro atoms.